The number of thiazole rings is 1. The van der Waals surface area contributed by atoms with Gasteiger partial charge in [-0.3, -0.25) is 4.79 Å². The van der Waals surface area contributed by atoms with Crippen molar-refractivity contribution in [3.63, 3.8) is 0 Å². The molecule has 2 aromatic rings. The molecule has 1 amide bonds. The maximum absolute atomic E-state index is 12.4. The van der Waals surface area contributed by atoms with Crippen LogP contribution in [0.5, 0.6) is 0 Å². The number of nitrogens with zero attached hydrogens (tertiary/aromatic N) is 1. The first-order valence-electron chi connectivity index (χ1n) is 7.40. The van der Waals surface area contributed by atoms with Crippen LogP contribution in [0.4, 0.5) is 5.13 Å². The molecule has 0 radical (unpaired) electrons. The Kier molecular flexibility index (Phi) is 6.41. The summed E-state index contributed by atoms with van der Waals surface area (Å²) < 4.78 is 0. The highest BCUT2D eigenvalue weighted by atomic mass is 35.5. The zero-order chi connectivity index (χ0) is 15.5. The highest BCUT2D eigenvalue weighted by Crippen LogP contribution is 2.33. The second-order valence-electron chi connectivity index (χ2n) is 5.54. The van der Waals surface area contributed by atoms with Crippen molar-refractivity contribution in [2.45, 2.75) is 19.3 Å². The molecule has 0 saturated heterocycles. The van der Waals surface area contributed by atoms with Crippen LogP contribution in [0.1, 0.15) is 19.3 Å². The Bertz CT molecular complexity index is 677. The van der Waals surface area contributed by atoms with Gasteiger partial charge in [-0.05, 0) is 31.4 Å². The summed E-state index contributed by atoms with van der Waals surface area (Å²) in [7, 11) is 0. The quantitative estimate of drug-likeness (QED) is 0.845. The van der Waals surface area contributed by atoms with Crippen LogP contribution < -0.4 is 11.1 Å². The predicted molar refractivity (Wildman–Crippen MR) is 98.3 cm³/mol. The molecule has 1 saturated carbocycles. The van der Waals surface area contributed by atoms with Gasteiger partial charge in [0, 0.05) is 21.9 Å². The lowest BCUT2D eigenvalue weighted by Gasteiger charge is -2.16. The number of benzene rings is 1. The van der Waals surface area contributed by atoms with Gasteiger partial charge in [-0.2, -0.15) is 0 Å². The van der Waals surface area contributed by atoms with Crippen molar-refractivity contribution in [3.05, 3.63) is 34.7 Å². The minimum atomic E-state index is 0. The summed E-state index contributed by atoms with van der Waals surface area (Å²) in [6, 6.07) is 7.56. The molecular formula is C16H19Cl2N3OS. The maximum atomic E-state index is 12.4. The van der Waals surface area contributed by atoms with Crippen LogP contribution in [0.15, 0.2) is 29.6 Å². The Balaban J connectivity index is 0.00000192. The molecule has 1 aliphatic carbocycles. The first-order valence-corrected chi connectivity index (χ1v) is 8.66. The monoisotopic (exact) mass is 371 g/mol. The number of hydrogen-bond acceptors (Lipinski definition) is 4. The smallest absolute Gasteiger partial charge is 0.229 e. The Morgan fingerprint density at radius 3 is 2.91 bits per heavy atom. The Hall–Kier alpha value is -1.14. The van der Waals surface area contributed by atoms with Crippen molar-refractivity contribution in [3.8, 4) is 11.3 Å². The molecular weight excluding hydrogens is 353 g/mol. The number of nitrogens with two attached hydrogens (primary N) is 1. The topological polar surface area (TPSA) is 68.0 Å². The Labute approximate surface area is 150 Å². The van der Waals surface area contributed by atoms with Crippen molar-refractivity contribution >= 4 is 46.4 Å². The van der Waals surface area contributed by atoms with E-state index in [0.717, 1.165) is 30.5 Å². The van der Waals surface area contributed by atoms with Crippen LogP contribution in [-0.4, -0.2) is 17.4 Å². The van der Waals surface area contributed by atoms with Gasteiger partial charge in [0.15, 0.2) is 5.13 Å². The van der Waals surface area contributed by atoms with Gasteiger partial charge in [0.1, 0.15) is 0 Å². The zero-order valence-electron chi connectivity index (χ0n) is 12.5. The van der Waals surface area contributed by atoms with Crippen LogP contribution in [0, 0.1) is 11.8 Å². The second kappa shape index (κ2) is 8.11. The van der Waals surface area contributed by atoms with Gasteiger partial charge >= 0.3 is 0 Å². The fraction of sp³-hybridized carbons (Fsp3) is 0.375. The highest BCUT2D eigenvalue weighted by molar-refractivity contribution is 7.14. The van der Waals surface area contributed by atoms with Gasteiger partial charge in [0.05, 0.1) is 5.69 Å². The lowest BCUT2D eigenvalue weighted by Crippen LogP contribution is -2.29. The minimum absolute atomic E-state index is 0. The van der Waals surface area contributed by atoms with Gasteiger partial charge < -0.3 is 11.1 Å². The molecule has 0 bridgehead atoms. The third-order valence-corrected chi connectivity index (χ3v) is 5.27. The van der Waals surface area contributed by atoms with Crippen molar-refractivity contribution in [2.75, 3.05) is 11.9 Å². The lowest BCUT2D eigenvalue weighted by atomic mass is 9.95. The molecule has 0 unspecified atom stereocenters. The van der Waals surface area contributed by atoms with Crippen LogP contribution in [-0.2, 0) is 4.79 Å². The van der Waals surface area contributed by atoms with E-state index in [0.29, 0.717) is 22.6 Å². The molecule has 7 heteroatoms. The van der Waals surface area contributed by atoms with Gasteiger partial charge in [0.2, 0.25) is 5.91 Å². The first-order chi connectivity index (χ1) is 10.7. The van der Waals surface area contributed by atoms with E-state index < -0.39 is 0 Å². The summed E-state index contributed by atoms with van der Waals surface area (Å²) in [5, 5.41) is 6.11. The van der Waals surface area contributed by atoms with Crippen molar-refractivity contribution in [1.29, 1.82) is 0 Å². The summed E-state index contributed by atoms with van der Waals surface area (Å²) in [5.74, 6) is 0.341. The number of aromatic nitrogens is 1. The van der Waals surface area contributed by atoms with E-state index >= 15 is 0 Å². The molecule has 3 N–H and O–H groups in total. The van der Waals surface area contributed by atoms with Crippen LogP contribution in [0.25, 0.3) is 11.3 Å². The normalized spacial score (nSPS) is 20.1. The third kappa shape index (κ3) is 4.04. The lowest BCUT2D eigenvalue weighted by molar-refractivity contribution is -0.120. The summed E-state index contributed by atoms with van der Waals surface area (Å²) in [4.78, 5) is 16.8. The fourth-order valence-corrected chi connectivity index (χ4v) is 3.93. The molecule has 0 aliphatic heterocycles. The summed E-state index contributed by atoms with van der Waals surface area (Å²) in [6.07, 6.45) is 3.02. The molecule has 1 aromatic heterocycles. The number of anilines is 1. The standard InChI is InChI=1S/C16H18ClN3OS.ClH/c17-13-7-2-1-5-12(13)14-9-22-16(19-14)20-15(21)11-6-3-4-10(11)8-18;/h1-2,5,7,9-11H,3-4,6,8,18H2,(H,19,20,21);1H/t10-,11-;/m1./s1. The molecule has 2 atom stereocenters. The van der Waals surface area contributed by atoms with Crippen molar-refractivity contribution < 1.29 is 4.79 Å². The van der Waals surface area contributed by atoms with E-state index in [4.69, 9.17) is 17.3 Å². The average Bonchev–Trinajstić information content (AvgIpc) is 3.16. The zero-order valence-corrected chi connectivity index (χ0v) is 14.9. The molecule has 23 heavy (non-hydrogen) atoms. The largest absolute Gasteiger partial charge is 0.330 e. The first kappa shape index (κ1) is 18.2. The van der Waals surface area contributed by atoms with Gasteiger partial charge in [-0.1, -0.05) is 36.2 Å². The number of amides is 1. The van der Waals surface area contributed by atoms with Gasteiger partial charge in [0.25, 0.3) is 0 Å². The van der Waals surface area contributed by atoms with E-state index in [9.17, 15) is 4.79 Å². The number of nitrogens with one attached hydrogen (secondary N) is 1. The maximum Gasteiger partial charge on any atom is 0.229 e. The van der Waals surface area contributed by atoms with E-state index in [1.165, 1.54) is 11.3 Å². The van der Waals surface area contributed by atoms with Crippen LogP contribution >= 0.6 is 35.3 Å². The molecule has 0 spiro atoms. The predicted octanol–water partition coefficient (Wildman–Crippen LogP) is 4.20. The van der Waals surface area contributed by atoms with E-state index in [1.807, 2.05) is 29.6 Å². The average molecular weight is 372 g/mol. The van der Waals surface area contributed by atoms with E-state index in [2.05, 4.69) is 10.3 Å². The molecule has 124 valence electrons. The van der Waals surface area contributed by atoms with Crippen molar-refractivity contribution in [2.24, 2.45) is 17.6 Å². The molecule has 1 aliphatic rings. The number of hydrogen-bond donors (Lipinski definition) is 2. The summed E-state index contributed by atoms with van der Waals surface area (Å²) in [5.41, 5.74) is 7.41. The number of halogens is 2. The third-order valence-electron chi connectivity index (χ3n) is 4.18. The van der Waals surface area contributed by atoms with Crippen LogP contribution in [0.3, 0.4) is 0 Å². The number of rotatable bonds is 4. The summed E-state index contributed by atoms with van der Waals surface area (Å²) in [6.45, 7) is 0.570. The van der Waals surface area contributed by atoms with Gasteiger partial charge in [-0.25, -0.2) is 4.98 Å². The molecule has 3 rings (SSSR count). The summed E-state index contributed by atoms with van der Waals surface area (Å²) >= 11 is 7.59. The molecule has 1 fully saturated rings. The van der Waals surface area contributed by atoms with E-state index in [-0.39, 0.29) is 24.2 Å². The Morgan fingerprint density at radius 2 is 2.17 bits per heavy atom. The SMILES string of the molecule is Cl.NC[C@H]1CCC[C@H]1C(=O)Nc1nc(-c2ccccc2Cl)cs1. The second-order valence-corrected chi connectivity index (χ2v) is 6.81. The Morgan fingerprint density at radius 1 is 1.39 bits per heavy atom. The van der Waals surface area contributed by atoms with E-state index in [1.54, 1.807) is 0 Å². The minimum Gasteiger partial charge on any atom is -0.330 e. The number of carbonyl (C=O) groups excluding carboxylic acids is 1. The molecule has 1 heterocycles. The van der Waals surface area contributed by atoms with Crippen LogP contribution in [0.2, 0.25) is 5.02 Å². The molecule has 1 aromatic carbocycles. The van der Waals surface area contributed by atoms with Crippen molar-refractivity contribution in [1.82, 2.24) is 4.98 Å². The fourth-order valence-electron chi connectivity index (χ4n) is 2.99. The van der Waals surface area contributed by atoms with Gasteiger partial charge in [-0.15, -0.1) is 23.7 Å². The number of carbonyl (C=O) groups is 1. The highest BCUT2D eigenvalue weighted by Gasteiger charge is 2.32. The molecule has 4 nitrogen and oxygen atoms in total.